The zero-order valence-electron chi connectivity index (χ0n) is 17.3. The van der Waals surface area contributed by atoms with Gasteiger partial charge in [-0.25, -0.2) is 0 Å². The van der Waals surface area contributed by atoms with Crippen LogP contribution < -0.4 is 9.54 Å². The predicted octanol–water partition coefficient (Wildman–Crippen LogP) is 5.68. The molecule has 0 aliphatic rings. The average molecular weight is 429 g/mol. The zero-order valence-corrected chi connectivity index (χ0v) is 18.9. The van der Waals surface area contributed by atoms with Crippen LogP contribution in [0.1, 0.15) is 42.1 Å². The number of rotatable bonds is 9. The number of fused-ring (bicyclic) bond motifs is 1. The van der Waals surface area contributed by atoms with Crippen molar-refractivity contribution in [2.24, 2.45) is 4.99 Å². The van der Waals surface area contributed by atoms with Gasteiger partial charge in [0.05, 0.1) is 16.8 Å². The summed E-state index contributed by atoms with van der Waals surface area (Å²) in [4.78, 5) is 18.1. The van der Waals surface area contributed by atoms with Crippen LogP contribution in [-0.2, 0) is 6.54 Å². The lowest BCUT2D eigenvalue weighted by atomic mass is 10.2. The molecule has 0 aliphatic heterocycles. The molecular formula is C23H28N2O2S2. The van der Waals surface area contributed by atoms with Gasteiger partial charge in [-0.3, -0.25) is 4.79 Å². The molecular weight excluding hydrogens is 400 g/mol. The van der Waals surface area contributed by atoms with E-state index in [-0.39, 0.29) is 5.91 Å². The lowest BCUT2D eigenvalue weighted by Gasteiger charge is -2.06. The van der Waals surface area contributed by atoms with E-state index >= 15 is 0 Å². The summed E-state index contributed by atoms with van der Waals surface area (Å²) in [5, 5.41) is 0. The van der Waals surface area contributed by atoms with Crippen molar-refractivity contribution in [1.29, 1.82) is 0 Å². The van der Waals surface area contributed by atoms with Crippen LogP contribution in [0.25, 0.3) is 10.2 Å². The van der Waals surface area contributed by atoms with Crippen LogP contribution in [0.3, 0.4) is 0 Å². The Kier molecular flexibility index (Phi) is 7.95. The molecule has 1 heterocycles. The van der Waals surface area contributed by atoms with Crippen molar-refractivity contribution in [2.45, 2.75) is 39.7 Å². The number of hydrogen-bond acceptors (Lipinski definition) is 4. The monoisotopic (exact) mass is 428 g/mol. The van der Waals surface area contributed by atoms with E-state index in [9.17, 15) is 4.79 Å². The van der Waals surface area contributed by atoms with E-state index in [1.807, 2.05) is 12.1 Å². The fourth-order valence-electron chi connectivity index (χ4n) is 3.08. The first-order chi connectivity index (χ1) is 14.1. The number of thioether (sulfide) groups is 1. The van der Waals surface area contributed by atoms with Gasteiger partial charge in [-0.1, -0.05) is 43.2 Å². The van der Waals surface area contributed by atoms with Crippen molar-refractivity contribution >= 4 is 39.2 Å². The van der Waals surface area contributed by atoms with Gasteiger partial charge in [0.2, 0.25) is 0 Å². The topological polar surface area (TPSA) is 43.6 Å². The minimum absolute atomic E-state index is 0.231. The van der Waals surface area contributed by atoms with Crippen molar-refractivity contribution in [2.75, 3.05) is 18.6 Å². The predicted molar refractivity (Wildman–Crippen MR) is 124 cm³/mol. The number of amides is 1. The average Bonchev–Trinajstić information content (AvgIpc) is 3.05. The van der Waals surface area contributed by atoms with Gasteiger partial charge >= 0.3 is 0 Å². The summed E-state index contributed by atoms with van der Waals surface area (Å²) < 4.78 is 9.10. The van der Waals surface area contributed by atoms with Gasteiger partial charge in [0.1, 0.15) is 5.75 Å². The van der Waals surface area contributed by atoms with Crippen molar-refractivity contribution < 1.29 is 9.53 Å². The van der Waals surface area contributed by atoms with E-state index < -0.39 is 0 Å². The van der Waals surface area contributed by atoms with Gasteiger partial charge in [0, 0.05) is 17.9 Å². The third-order valence-electron chi connectivity index (χ3n) is 4.65. The molecule has 0 bridgehead atoms. The minimum Gasteiger partial charge on any atom is -0.494 e. The molecule has 3 aromatic rings. The number of hydrogen-bond donors (Lipinski definition) is 0. The van der Waals surface area contributed by atoms with Crippen LogP contribution >= 0.6 is 23.1 Å². The second-order valence-electron chi connectivity index (χ2n) is 7.00. The van der Waals surface area contributed by atoms with Gasteiger partial charge < -0.3 is 9.30 Å². The highest BCUT2D eigenvalue weighted by Crippen LogP contribution is 2.20. The van der Waals surface area contributed by atoms with Gasteiger partial charge in [0.25, 0.3) is 5.91 Å². The summed E-state index contributed by atoms with van der Waals surface area (Å²) in [6.07, 6.45) is 5.42. The van der Waals surface area contributed by atoms with Gasteiger partial charge in [-0.15, -0.1) is 0 Å². The molecule has 0 radical (unpaired) electrons. The maximum Gasteiger partial charge on any atom is 0.279 e. The number of carbonyl (C=O) groups excluding carboxylic acids is 1. The van der Waals surface area contributed by atoms with Crippen LogP contribution in [-0.4, -0.2) is 29.1 Å². The molecule has 0 fully saturated rings. The zero-order chi connectivity index (χ0) is 20.6. The molecule has 29 heavy (non-hydrogen) atoms. The molecule has 2 aromatic carbocycles. The molecule has 3 rings (SSSR count). The second kappa shape index (κ2) is 10.6. The second-order valence-corrected chi connectivity index (χ2v) is 9.00. The number of nitrogens with zero attached hydrogens (tertiary/aromatic N) is 2. The first-order valence-electron chi connectivity index (χ1n) is 10.0. The van der Waals surface area contributed by atoms with Crippen molar-refractivity contribution in [3.63, 3.8) is 0 Å². The number of carbonyl (C=O) groups is 1. The molecule has 154 valence electrons. The molecule has 4 nitrogen and oxygen atoms in total. The number of benzene rings is 2. The first-order valence-corrected chi connectivity index (χ1v) is 12.2. The van der Waals surface area contributed by atoms with E-state index in [0.29, 0.717) is 12.2 Å². The SMILES string of the molecule is CCCCCOc1cccc(C(=O)N=c2sc3cc(C)ccc3n2CCSC)c1. The summed E-state index contributed by atoms with van der Waals surface area (Å²) in [6, 6.07) is 13.7. The number of ether oxygens (including phenoxy) is 1. The van der Waals surface area contributed by atoms with Crippen LogP contribution in [0.15, 0.2) is 47.5 Å². The van der Waals surface area contributed by atoms with Gasteiger partial charge in [-0.05, 0) is 55.5 Å². The quantitative estimate of drug-likeness (QED) is 0.412. The Balaban J connectivity index is 1.89. The van der Waals surface area contributed by atoms with Gasteiger partial charge in [0.15, 0.2) is 4.80 Å². The molecule has 0 unspecified atom stereocenters. The Hall–Kier alpha value is -2.05. The van der Waals surface area contributed by atoms with E-state index in [1.165, 1.54) is 5.56 Å². The molecule has 0 saturated heterocycles. The summed E-state index contributed by atoms with van der Waals surface area (Å²) in [5.41, 5.74) is 2.90. The third kappa shape index (κ3) is 5.73. The fraction of sp³-hybridized carbons (Fsp3) is 0.391. The highest BCUT2D eigenvalue weighted by molar-refractivity contribution is 7.98. The molecule has 6 heteroatoms. The third-order valence-corrected chi connectivity index (χ3v) is 6.28. The largest absolute Gasteiger partial charge is 0.494 e. The Bertz CT molecular complexity index is 1040. The Morgan fingerprint density at radius 1 is 1.21 bits per heavy atom. The number of aryl methyl sites for hydroxylation is 2. The first kappa shape index (κ1) is 21.7. The van der Waals surface area contributed by atoms with Crippen molar-refractivity contribution in [1.82, 2.24) is 4.57 Å². The maximum atomic E-state index is 12.9. The Morgan fingerprint density at radius 2 is 2.07 bits per heavy atom. The molecule has 0 N–H and O–H groups in total. The minimum atomic E-state index is -0.231. The lowest BCUT2D eigenvalue weighted by Crippen LogP contribution is -2.18. The summed E-state index contributed by atoms with van der Waals surface area (Å²) >= 11 is 3.36. The van der Waals surface area contributed by atoms with Crippen LogP contribution in [0.4, 0.5) is 0 Å². The molecule has 0 atom stereocenters. The Labute approximate surface area is 180 Å². The van der Waals surface area contributed by atoms with E-state index in [2.05, 4.69) is 47.9 Å². The normalized spacial score (nSPS) is 11.9. The van der Waals surface area contributed by atoms with Gasteiger partial charge in [-0.2, -0.15) is 16.8 Å². The van der Waals surface area contributed by atoms with Crippen LogP contribution in [0.2, 0.25) is 0 Å². The van der Waals surface area contributed by atoms with Crippen LogP contribution in [0.5, 0.6) is 5.75 Å². The number of unbranched alkanes of at least 4 members (excludes halogenated alkanes) is 2. The molecule has 1 amide bonds. The van der Waals surface area contributed by atoms with Crippen LogP contribution in [0, 0.1) is 6.92 Å². The van der Waals surface area contributed by atoms with E-state index in [0.717, 1.165) is 52.3 Å². The Morgan fingerprint density at radius 3 is 2.86 bits per heavy atom. The number of thiazole rings is 1. The smallest absolute Gasteiger partial charge is 0.279 e. The standard InChI is InChI=1S/C23H28N2O2S2/c1-4-5-6-13-27-19-9-7-8-18(16-19)22(26)24-23-25(12-14-28-3)20-11-10-17(2)15-21(20)29-23/h7-11,15-16H,4-6,12-14H2,1-3H3. The molecule has 0 saturated carbocycles. The highest BCUT2D eigenvalue weighted by atomic mass is 32.2. The van der Waals surface area contributed by atoms with Crippen molar-refractivity contribution in [3.05, 3.63) is 58.4 Å². The van der Waals surface area contributed by atoms with Crippen molar-refractivity contribution in [3.8, 4) is 5.75 Å². The summed E-state index contributed by atoms with van der Waals surface area (Å²) in [6.45, 7) is 5.75. The number of aromatic nitrogens is 1. The lowest BCUT2D eigenvalue weighted by molar-refractivity contribution is 0.0997. The molecule has 0 spiro atoms. The van der Waals surface area contributed by atoms with E-state index in [1.54, 1.807) is 35.2 Å². The molecule has 0 aliphatic carbocycles. The summed E-state index contributed by atoms with van der Waals surface area (Å²) in [7, 11) is 0. The maximum absolute atomic E-state index is 12.9. The highest BCUT2D eigenvalue weighted by Gasteiger charge is 2.10. The molecule has 1 aromatic heterocycles. The fourth-order valence-corrected chi connectivity index (χ4v) is 4.59. The summed E-state index contributed by atoms with van der Waals surface area (Å²) in [5.74, 6) is 1.47. The van der Waals surface area contributed by atoms with E-state index in [4.69, 9.17) is 4.74 Å².